The number of rotatable bonds is 9. The van der Waals surface area contributed by atoms with Gasteiger partial charge in [-0.2, -0.15) is 0 Å². The van der Waals surface area contributed by atoms with Gasteiger partial charge in [0.1, 0.15) is 6.04 Å². The van der Waals surface area contributed by atoms with Crippen LogP contribution in [0.15, 0.2) is 0 Å². The van der Waals surface area contributed by atoms with Crippen LogP contribution in [0.1, 0.15) is 88.0 Å². The number of hydrogen-bond donors (Lipinski definition) is 3. The van der Waals surface area contributed by atoms with E-state index in [0.717, 1.165) is 19.3 Å². The molecule has 0 saturated carbocycles. The minimum Gasteiger partial charge on any atom is -0.394 e. The highest BCUT2D eigenvalue weighted by molar-refractivity contribution is 8.02. The van der Waals surface area contributed by atoms with Crippen molar-refractivity contribution in [3.63, 3.8) is 0 Å². The molecule has 0 aromatic rings. The fourth-order valence-electron chi connectivity index (χ4n) is 7.17. The molecule has 3 aliphatic rings. The smallest absolute Gasteiger partial charge is 0.244 e. The van der Waals surface area contributed by atoms with Crippen molar-refractivity contribution >= 4 is 29.5 Å². The van der Waals surface area contributed by atoms with Crippen LogP contribution in [-0.4, -0.2) is 68.0 Å². The van der Waals surface area contributed by atoms with Gasteiger partial charge in [-0.1, -0.05) is 41.5 Å². The third kappa shape index (κ3) is 4.98. The summed E-state index contributed by atoms with van der Waals surface area (Å²) in [4.78, 5) is 43.3. The maximum absolute atomic E-state index is 14.2. The van der Waals surface area contributed by atoms with Gasteiger partial charge in [-0.25, -0.2) is 0 Å². The Balaban J connectivity index is 2.06. The quantitative estimate of drug-likeness (QED) is 0.443. The molecule has 3 heterocycles. The first-order valence-electron chi connectivity index (χ1n) is 13.3. The van der Waals surface area contributed by atoms with Gasteiger partial charge in [-0.15, -0.1) is 11.8 Å². The van der Waals surface area contributed by atoms with Gasteiger partial charge < -0.3 is 20.6 Å². The van der Waals surface area contributed by atoms with Crippen LogP contribution in [0.3, 0.4) is 0 Å². The number of thioether (sulfide) groups is 1. The van der Waals surface area contributed by atoms with Gasteiger partial charge in [0.25, 0.3) is 0 Å². The molecule has 200 valence electrons. The second-order valence-electron chi connectivity index (χ2n) is 13.4. The molecule has 3 aliphatic heterocycles. The summed E-state index contributed by atoms with van der Waals surface area (Å²) in [5, 5.41) is 16.6. The Bertz CT molecular complexity index is 854. The number of nitrogens with one attached hydrogen (secondary N) is 2. The van der Waals surface area contributed by atoms with E-state index in [0.29, 0.717) is 13.0 Å². The molecule has 0 radical (unpaired) electrons. The summed E-state index contributed by atoms with van der Waals surface area (Å²) in [5.41, 5.74) is -0.445. The largest absolute Gasteiger partial charge is 0.394 e. The Morgan fingerprint density at radius 1 is 1.17 bits per heavy atom. The third-order valence-electron chi connectivity index (χ3n) is 8.04. The van der Waals surface area contributed by atoms with Crippen LogP contribution in [0.5, 0.6) is 0 Å². The summed E-state index contributed by atoms with van der Waals surface area (Å²) >= 11 is 1.68. The molecule has 1 spiro atoms. The molecule has 0 aromatic carbocycles. The van der Waals surface area contributed by atoms with Crippen molar-refractivity contribution in [2.75, 3.05) is 13.2 Å². The zero-order valence-corrected chi connectivity index (χ0v) is 24.0. The Morgan fingerprint density at radius 3 is 2.31 bits per heavy atom. The van der Waals surface area contributed by atoms with Gasteiger partial charge in [0, 0.05) is 16.8 Å². The van der Waals surface area contributed by atoms with Crippen molar-refractivity contribution < 1.29 is 19.5 Å². The van der Waals surface area contributed by atoms with E-state index in [-0.39, 0.29) is 40.4 Å². The van der Waals surface area contributed by atoms with E-state index in [1.54, 1.807) is 16.7 Å². The molecule has 8 heteroatoms. The van der Waals surface area contributed by atoms with E-state index in [1.807, 2.05) is 34.6 Å². The summed E-state index contributed by atoms with van der Waals surface area (Å²) < 4.78 is -1.04. The van der Waals surface area contributed by atoms with E-state index >= 15 is 0 Å². The van der Waals surface area contributed by atoms with Crippen LogP contribution in [0, 0.1) is 23.2 Å². The number of hydrogen-bond acceptors (Lipinski definition) is 5. The standard InChI is InChI=1S/C27H47N3O4S/c1-10-13-28-21(32)18-19-23(34)30(17(14-31)16(2)3)20(27(19)12-11-26(18,9)35-27)22(33)29-25(7,8)15-24(4,5)6/h16-20,31H,10-15H2,1-9H3,(H,28,32)(H,29,33)/t17-,18+,19-,20?,26-,27?/m0/s1. The lowest BCUT2D eigenvalue weighted by atomic mass is 9.66. The first kappa shape index (κ1) is 28.3. The van der Waals surface area contributed by atoms with E-state index in [1.165, 1.54) is 0 Å². The minimum absolute atomic E-state index is 0.0187. The lowest BCUT2D eigenvalue weighted by Crippen LogP contribution is -2.60. The van der Waals surface area contributed by atoms with Crippen LogP contribution in [-0.2, 0) is 14.4 Å². The van der Waals surface area contributed by atoms with Crippen LogP contribution in [0.2, 0.25) is 0 Å². The average molecular weight is 510 g/mol. The molecule has 7 nitrogen and oxygen atoms in total. The van der Waals surface area contributed by atoms with Gasteiger partial charge >= 0.3 is 0 Å². The van der Waals surface area contributed by atoms with E-state index in [9.17, 15) is 19.5 Å². The van der Waals surface area contributed by atoms with E-state index in [2.05, 4.69) is 38.3 Å². The highest BCUT2D eigenvalue weighted by atomic mass is 32.2. The molecular weight excluding hydrogens is 462 g/mol. The van der Waals surface area contributed by atoms with Gasteiger partial charge in [0.2, 0.25) is 17.7 Å². The maximum atomic E-state index is 14.2. The molecule has 3 amide bonds. The SMILES string of the molecule is CCCNC(=O)[C@H]1[C@H]2C(=O)N([C@@H](CO)C(C)C)C(C(=O)NC(C)(C)CC(C)(C)C)C23CC[C@]1(C)S3. The lowest BCUT2D eigenvalue weighted by molar-refractivity contribution is -0.144. The Hall–Kier alpha value is -1.28. The maximum Gasteiger partial charge on any atom is 0.244 e. The first-order valence-corrected chi connectivity index (χ1v) is 14.1. The molecule has 3 N–H and O–H groups in total. The first-order chi connectivity index (χ1) is 16.0. The number of carbonyl (C=O) groups excluding carboxylic acids is 3. The molecule has 2 bridgehead atoms. The van der Waals surface area contributed by atoms with Crippen LogP contribution < -0.4 is 10.6 Å². The topological polar surface area (TPSA) is 98.7 Å². The molecule has 6 atom stereocenters. The second-order valence-corrected chi connectivity index (χ2v) is 15.3. The summed E-state index contributed by atoms with van der Waals surface area (Å²) in [6.45, 7) is 18.9. The number of aliphatic hydroxyl groups is 1. The summed E-state index contributed by atoms with van der Waals surface area (Å²) in [7, 11) is 0. The van der Waals surface area contributed by atoms with Crippen molar-refractivity contribution in [3.05, 3.63) is 0 Å². The number of amides is 3. The number of nitrogens with zero attached hydrogens (tertiary/aromatic N) is 1. The predicted molar refractivity (Wildman–Crippen MR) is 141 cm³/mol. The molecule has 35 heavy (non-hydrogen) atoms. The molecule has 3 fully saturated rings. The van der Waals surface area contributed by atoms with Crippen molar-refractivity contribution in [3.8, 4) is 0 Å². The second kappa shape index (κ2) is 9.55. The van der Waals surface area contributed by atoms with E-state index in [4.69, 9.17) is 0 Å². The van der Waals surface area contributed by atoms with Crippen molar-refractivity contribution in [2.24, 2.45) is 23.2 Å². The average Bonchev–Trinajstić information content (AvgIpc) is 3.25. The highest BCUT2D eigenvalue weighted by Gasteiger charge is 2.77. The fourth-order valence-corrected chi connectivity index (χ4v) is 9.51. The molecular formula is C27H47N3O4S. The summed E-state index contributed by atoms with van der Waals surface area (Å²) in [6, 6.07) is -1.19. The zero-order chi connectivity index (χ0) is 26.6. The fraction of sp³-hybridized carbons (Fsp3) is 0.889. The molecule has 2 unspecified atom stereocenters. The van der Waals surface area contributed by atoms with Crippen LogP contribution in [0.4, 0.5) is 0 Å². The van der Waals surface area contributed by atoms with Gasteiger partial charge in [-0.3, -0.25) is 14.4 Å². The Labute approximate surface area is 215 Å². The van der Waals surface area contributed by atoms with Gasteiger partial charge in [0.05, 0.1) is 29.2 Å². The molecule has 0 aliphatic carbocycles. The minimum atomic E-state index is -0.713. The number of aliphatic hydroxyl groups excluding tert-OH is 1. The van der Waals surface area contributed by atoms with Gasteiger partial charge in [-0.05, 0) is 57.8 Å². The Morgan fingerprint density at radius 2 is 1.80 bits per heavy atom. The molecule has 0 aromatic heterocycles. The summed E-state index contributed by atoms with van der Waals surface area (Å²) in [6.07, 6.45) is 3.11. The highest BCUT2D eigenvalue weighted by Crippen LogP contribution is 2.71. The number of likely N-dealkylation sites (tertiary alicyclic amines) is 1. The lowest BCUT2D eigenvalue weighted by Gasteiger charge is -2.41. The zero-order valence-electron chi connectivity index (χ0n) is 23.2. The van der Waals surface area contributed by atoms with Crippen LogP contribution in [0.25, 0.3) is 0 Å². The normalized spacial score (nSPS) is 33.3. The van der Waals surface area contributed by atoms with Crippen molar-refractivity contribution in [1.29, 1.82) is 0 Å². The Kier molecular flexibility index (Phi) is 7.72. The van der Waals surface area contributed by atoms with Crippen LogP contribution >= 0.6 is 11.8 Å². The predicted octanol–water partition coefficient (Wildman–Crippen LogP) is 3.34. The number of fused-ring (bicyclic) bond motifs is 1. The third-order valence-corrected chi connectivity index (χ3v) is 10.0. The van der Waals surface area contributed by atoms with Gasteiger partial charge in [0.15, 0.2) is 0 Å². The monoisotopic (exact) mass is 509 g/mol. The summed E-state index contributed by atoms with van der Waals surface area (Å²) in [5.74, 6) is -1.46. The van der Waals surface area contributed by atoms with Crippen molar-refractivity contribution in [1.82, 2.24) is 15.5 Å². The van der Waals surface area contributed by atoms with E-state index < -0.39 is 34.2 Å². The van der Waals surface area contributed by atoms with Crippen molar-refractivity contribution in [2.45, 2.75) is 115 Å². The molecule has 3 saturated heterocycles. The number of carbonyl (C=O) groups is 3. The molecule has 3 rings (SSSR count).